The molecule has 1 saturated heterocycles. The van der Waals surface area contributed by atoms with Crippen LogP contribution in [-0.4, -0.2) is 57.1 Å². The van der Waals surface area contributed by atoms with Crippen molar-refractivity contribution in [2.45, 2.75) is 19.4 Å². The zero-order valence-electron chi connectivity index (χ0n) is 15.3. The number of nitrogens with one attached hydrogen (secondary N) is 1. The molecule has 1 aliphatic rings. The summed E-state index contributed by atoms with van der Waals surface area (Å²) in [5.41, 5.74) is 2.91. The molecule has 1 atom stereocenters. The molecule has 0 bridgehead atoms. The van der Waals surface area contributed by atoms with Crippen LogP contribution in [0.25, 0.3) is 10.9 Å². The van der Waals surface area contributed by atoms with E-state index in [1.165, 1.54) is 0 Å². The molecule has 0 spiro atoms. The maximum absolute atomic E-state index is 12.2. The first-order valence-corrected chi connectivity index (χ1v) is 9.20. The second kappa shape index (κ2) is 7.36. The van der Waals surface area contributed by atoms with E-state index >= 15 is 0 Å². The number of nitrogens with zero attached hydrogens (tertiary/aromatic N) is 4. The van der Waals surface area contributed by atoms with E-state index < -0.39 is 12.0 Å². The number of anilines is 1. The van der Waals surface area contributed by atoms with Crippen LogP contribution in [0.5, 0.6) is 0 Å². The zero-order chi connectivity index (χ0) is 18.8. The van der Waals surface area contributed by atoms with Crippen LogP contribution in [0.4, 0.5) is 5.95 Å². The van der Waals surface area contributed by atoms with Gasteiger partial charge in [0.2, 0.25) is 5.95 Å². The lowest BCUT2D eigenvalue weighted by atomic mass is 10.0. The summed E-state index contributed by atoms with van der Waals surface area (Å²) < 4.78 is 0. The van der Waals surface area contributed by atoms with Gasteiger partial charge in [0.1, 0.15) is 6.04 Å². The number of benzene rings is 1. The predicted octanol–water partition coefficient (Wildman–Crippen LogP) is 2.60. The summed E-state index contributed by atoms with van der Waals surface area (Å²) in [6, 6.07) is 7.22. The molecule has 0 unspecified atom stereocenters. The molecular weight excluding hydrogens is 342 g/mol. The Morgan fingerprint density at radius 2 is 2.00 bits per heavy atom. The van der Waals surface area contributed by atoms with E-state index in [0.29, 0.717) is 19.0 Å². The van der Waals surface area contributed by atoms with Crippen LogP contribution in [-0.2, 0) is 4.79 Å². The summed E-state index contributed by atoms with van der Waals surface area (Å²) in [5.74, 6) is -0.115. The van der Waals surface area contributed by atoms with Gasteiger partial charge in [0, 0.05) is 61.2 Å². The predicted molar refractivity (Wildman–Crippen MR) is 104 cm³/mol. The number of aliphatic carboxylic acids is 1. The first-order valence-electron chi connectivity index (χ1n) is 9.20. The van der Waals surface area contributed by atoms with Crippen LogP contribution in [0, 0.1) is 6.92 Å². The molecule has 7 heteroatoms. The van der Waals surface area contributed by atoms with E-state index in [1.807, 2.05) is 25.3 Å². The van der Waals surface area contributed by atoms with Crippen molar-refractivity contribution in [2.24, 2.45) is 0 Å². The lowest BCUT2D eigenvalue weighted by Gasteiger charge is -2.27. The van der Waals surface area contributed by atoms with E-state index in [2.05, 4.69) is 30.8 Å². The van der Waals surface area contributed by atoms with Gasteiger partial charge in [-0.1, -0.05) is 11.6 Å². The number of aromatic nitrogens is 3. The summed E-state index contributed by atoms with van der Waals surface area (Å²) in [5, 5.41) is 11.0. The normalized spacial score (nSPS) is 17.0. The molecule has 1 aromatic carbocycles. The molecular formula is C20H23N5O2. The van der Waals surface area contributed by atoms with Crippen LogP contribution in [0.15, 0.2) is 42.9 Å². The smallest absolute Gasteiger partial charge is 0.325 e. The summed E-state index contributed by atoms with van der Waals surface area (Å²) in [6.45, 7) is 4.91. The van der Waals surface area contributed by atoms with Crippen molar-refractivity contribution in [2.75, 3.05) is 31.1 Å². The third-order valence-corrected chi connectivity index (χ3v) is 5.13. The summed E-state index contributed by atoms with van der Waals surface area (Å²) >= 11 is 0. The van der Waals surface area contributed by atoms with Gasteiger partial charge in [0.15, 0.2) is 0 Å². The molecule has 27 heavy (non-hydrogen) atoms. The van der Waals surface area contributed by atoms with Gasteiger partial charge in [-0.3, -0.25) is 9.69 Å². The number of aromatic amines is 1. The summed E-state index contributed by atoms with van der Waals surface area (Å²) in [6.07, 6.45) is 6.17. The summed E-state index contributed by atoms with van der Waals surface area (Å²) in [4.78, 5) is 28.2. The van der Waals surface area contributed by atoms with Gasteiger partial charge in [-0.25, -0.2) is 9.97 Å². The second-order valence-electron chi connectivity index (χ2n) is 6.96. The molecule has 140 valence electrons. The molecule has 3 aromatic rings. The van der Waals surface area contributed by atoms with Gasteiger partial charge in [-0.15, -0.1) is 0 Å². The Morgan fingerprint density at radius 1 is 1.19 bits per heavy atom. The SMILES string of the molecule is Cc1ccc2[nH]cc([C@@H](C(=O)O)N3CCCN(c4ncccn4)CC3)c2c1. The maximum Gasteiger partial charge on any atom is 0.325 e. The standard InChI is InChI=1S/C20H23N5O2/c1-14-4-5-17-15(12-14)16(13-23-17)18(19(26)27)24-8-3-9-25(11-10-24)20-21-6-2-7-22-20/h2,4-7,12-13,18,23H,3,8-11H2,1H3,(H,26,27)/t18-/m0/s1. The molecule has 1 fully saturated rings. The van der Waals surface area contributed by atoms with E-state index in [-0.39, 0.29) is 0 Å². The molecule has 0 amide bonds. The third kappa shape index (κ3) is 3.50. The highest BCUT2D eigenvalue weighted by atomic mass is 16.4. The number of hydrogen-bond acceptors (Lipinski definition) is 5. The first-order chi connectivity index (χ1) is 13.1. The maximum atomic E-state index is 12.2. The number of H-pyrrole nitrogens is 1. The number of rotatable bonds is 4. The average Bonchev–Trinajstić information content (AvgIpc) is 2.91. The van der Waals surface area contributed by atoms with Crippen molar-refractivity contribution in [3.63, 3.8) is 0 Å². The Bertz CT molecular complexity index is 940. The number of carboxylic acid groups (broad SMARTS) is 1. The van der Waals surface area contributed by atoms with Crippen molar-refractivity contribution in [3.8, 4) is 0 Å². The minimum atomic E-state index is -0.818. The molecule has 0 radical (unpaired) electrons. The topological polar surface area (TPSA) is 85.4 Å². The largest absolute Gasteiger partial charge is 0.480 e. The first kappa shape index (κ1) is 17.5. The minimum Gasteiger partial charge on any atom is -0.480 e. The number of aryl methyl sites for hydroxylation is 1. The quantitative estimate of drug-likeness (QED) is 0.739. The molecule has 2 N–H and O–H groups in total. The fourth-order valence-electron chi connectivity index (χ4n) is 3.82. The van der Waals surface area contributed by atoms with Crippen LogP contribution in [0.3, 0.4) is 0 Å². The van der Waals surface area contributed by atoms with Crippen molar-refractivity contribution in [1.82, 2.24) is 19.9 Å². The zero-order valence-corrected chi connectivity index (χ0v) is 15.3. The fraction of sp³-hybridized carbons (Fsp3) is 0.350. The minimum absolute atomic E-state index is 0.647. The average molecular weight is 365 g/mol. The highest BCUT2D eigenvalue weighted by Crippen LogP contribution is 2.30. The molecule has 0 aliphatic carbocycles. The lowest BCUT2D eigenvalue weighted by Crippen LogP contribution is -2.37. The second-order valence-corrected chi connectivity index (χ2v) is 6.96. The Balaban J connectivity index is 1.61. The van der Waals surface area contributed by atoms with Gasteiger partial charge in [0.25, 0.3) is 0 Å². The van der Waals surface area contributed by atoms with Crippen molar-refractivity contribution >= 4 is 22.8 Å². The van der Waals surface area contributed by atoms with Crippen LogP contribution in [0.2, 0.25) is 0 Å². The summed E-state index contributed by atoms with van der Waals surface area (Å²) in [7, 11) is 0. The van der Waals surface area contributed by atoms with Gasteiger partial charge in [-0.05, 0) is 31.5 Å². The van der Waals surface area contributed by atoms with Gasteiger partial charge in [-0.2, -0.15) is 0 Å². The number of fused-ring (bicyclic) bond motifs is 1. The van der Waals surface area contributed by atoms with Crippen molar-refractivity contribution in [3.05, 3.63) is 54.0 Å². The van der Waals surface area contributed by atoms with Crippen molar-refractivity contribution in [1.29, 1.82) is 0 Å². The van der Waals surface area contributed by atoms with Crippen LogP contribution >= 0.6 is 0 Å². The highest BCUT2D eigenvalue weighted by molar-refractivity contribution is 5.89. The monoisotopic (exact) mass is 365 g/mol. The molecule has 3 heterocycles. The van der Waals surface area contributed by atoms with Gasteiger partial charge >= 0.3 is 5.97 Å². The Morgan fingerprint density at radius 3 is 2.78 bits per heavy atom. The molecule has 4 rings (SSSR count). The molecule has 7 nitrogen and oxygen atoms in total. The van der Waals surface area contributed by atoms with Crippen LogP contribution < -0.4 is 4.90 Å². The van der Waals surface area contributed by atoms with E-state index in [1.54, 1.807) is 18.5 Å². The lowest BCUT2D eigenvalue weighted by molar-refractivity contribution is -0.143. The highest BCUT2D eigenvalue weighted by Gasteiger charge is 2.31. The molecule has 2 aromatic heterocycles. The van der Waals surface area contributed by atoms with Crippen LogP contribution in [0.1, 0.15) is 23.6 Å². The number of hydrogen-bond donors (Lipinski definition) is 2. The van der Waals surface area contributed by atoms with Gasteiger partial charge < -0.3 is 15.0 Å². The number of carbonyl (C=O) groups is 1. The van der Waals surface area contributed by atoms with Gasteiger partial charge in [0.05, 0.1) is 0 Å². The Kier molecular flexibility index (Phi) is 4.77. The van der Waals surface area contributed by atoms with Crippen molar-refractivity contribution < 1.29 is 9.90 Å². The van der Waals surface area contributed by atoms with E-state index in [0.717, 1.165) is 41.5 Å². The Hall–Kier alpha value is -2.93. The Labute approximate surface area is 157 Å². The van der Waals surface area contributed by atoms with E-state index in [9.17, 15) is 9.90 Å². The molecule has 1 aliphatic heterocycles. The fourth-order valence-corrected chi connectivity index (χ4v) is 3.82. The number of carboxylic acids is 1. The van der Waals surface area contributed by atoms with E-state index in [4.69, 9.17) is 0 Å². The molecule has 0 saturated carbocycles. The third-order valence-electron chi connectivity index (χ3n) is 5.13.